The molecule has 1 aromatic carbocycles. The van der Waals surface area contributed by atoms with E-state index in [0.717, 1.165) is 17.0 Å². The first-order valence-electron chi connectivity index (χ1n) is 5.03. The maximum absolute atomic E-state index is 12.6. The van der Waals surface area contributed by atoms with Gasteiger partial charge in [0.2, 0.25) is 0 Å². The Morgan fingerprint density at radius 2 is 2.05 bits per heavy atom. The third-order valence-corrected chi connectivity index (χ3v) is 3.08. The molecule has 0 fully saturated rings. The molecule has 2 N–H and O–H groups in total. The van der Waals surface area contributed by atoms with Crippen LogP contribution in [0.4, 0.5) is 13.2 Å². The van der Waals surface area contributed by atoms with Gasteiger partial charge >= 0.3 is 6.18 Å². The molecule has 1 rings (SSSR count). The number of likely N-dealkylation sites (N-methyl/N-ethyl adjacent to an activating group) is 1. The van der Waals surface area contributed by atoms with Crippen LogP contribution >= 0.6 is 28.1 Å². The van der Waals surface area contributed by atoms with Crippen molar-refractivity contribution in [2.45, 2.75) is 6.18 Å². The average Bonchev–Trinajstić information content (AvgIpc) is 2.26. The zero-order valence-corrected chi connectivity index (χ0v) is 12.2. The summed E-state index contributed by atoms with van der Waals surface area (Å²) in [6.45, 7) is -0.00312. The number of carbonyl (C=O) groups is 1. The lowest BCUT2D eigenvalue weighted by molar-refractivity contribution is -0.137. The molecule has 104 valence electrons. The van der Waals surface area contributed by atoms with E-state index in [1.807, 2.05) is 0 Å². The lowest BCUT2D eigenvalue weighted by atomic mass is 10.1. The molecule has 0 heterocycles. The van der Waals surface area contributed by atoms with Gasteiger partial charge in [-0.2, -0.15) is 13.2 Å². The molecular formula is C11H10BrF3N2OS. The van der Waals surface area contributed by atoms with E-state index >= 15 is 0 Å². The summed E-state index contributed by atoms with van der Waals surface area (Å²) in [6, 6.07) is 2.88. The minimum atomic E-state index is -4.50. The Hall–Kier alpha value is -1.15. The minimum absolute atomic E-state index is 0.00312. The highest BCUT2D eigenvalue weighted by molar-refractivity contribution is 9.10. The predicted octanol–water partition coefficient (Wildman–Crippen LogP) is 2.83. The lowest BCUT2D eigenvalue weighted by Crippen LogP contribution is -2.34. The van der Waals surface area contributed by atoms with Crippen molar-refractivity contribution in [2.75, 3.05) is 13.6 Å². The standard InChI is InChI=1S/C11H10BrF3N2OS/c1-17(5-9(16)19)10(18)7-4-6(11(13,14)15)2-3-8(7)12/h2-4H,5H2,1H3,(H2,16,19). The van der Waals surface area contributed by atoms with Crippen LogP contribution in [0.5, 0.6) is 0 Å². The summed E-state index contributed by atoms with van der Waals surface area (Å²) < 4.78 is 38.1. The van der Waals surface area contributed by atoms with Gasteiger partial charge in [0, 0.05) is 11.5 Å². The molecule has 19 heavy (non-hydrogen) atoms. The summed E-state index contributed by atoms with van der Waals surface area (Å²) in [7, 11) is 1.41. The van der Waals surface area contributed by atoms with Crippen LogP contribution in [0, 0.1) is 0 Å². The van der Waals surface area contributed by atoms with Crippen molar-refractivity contribution >= 4 is 39.0 Å². The van der Waals surface area contributed by atoms with Crippen LogP contribution in [0.2, 0.25) is 0 Å². The van der Waals surface area contributed by atoms with Crippen molar-refractivity contribution in [1.82, 2.24) is 4.90 Å². The molecule has 0 bridgehead atoms. The molecule has 0 saturated carbocycles. The molecule has 0 aromatic heterocycles. The first-order valence-corrected chi connectivity index (χ1v) is 6.23. The first kappa shape index (κ1) is 15.9. The van der Waals surface area contributed by atoms with E-state index in [9.17, 15) is 18.0 Å². The Balaban J connectivity index is 3.12. The molecule has 3 nitrogen and oxygen atoms in total. The summed E-state index contributed by atoms with van der Waals surface area (Å²) in [6.07, 6.45) is -4.50. The molecule has 0 aliphatic heterocycles. The number of nitrogens with two attached hydrogens (primary N) is 1. The largest absolute Gasteiger partial charge is 0.416 e. The van der Waals surface area contributed by atoms with E-state index in [1.165, 1.54) is 13.1 Å². The van der Waals surface area contributed by atoms with Crippen LogP contribution in [0.3, 0.4) is 0 Å². The number of rotatable bonds is 3. The van der Waals surface area contributed by atoms with Crippen LogP contribution < -0.4 is 5.73 Å². The number of benzene rings is 1. The summed E-state index contributed by atoms with van der Waals surface area (Å²) in [4.78, 5) is 13.2. The van der Waals surface area contributed by atoms with Gasteiger partial charge in [-0.3, -0.25) is 4.79 Å². The zero-order valence-electron chi connectivity index (χ0n) is 9.79. The van der Waals surface area contributed by atoms with Gasteiger partial charge in [0.15, 0.2) is 0 Å². The molecule has 0 saturated heterocycles. The Bertz CT molecular complexity index is 519. The summed E-state index contributed by atoms with van der Waals surface area (Å²) in [5.74, 6) is -0.592. The second-order valence-electron chi connectivity index (χ2n) is 3.82. The first-order chi connectivity index (χ1) is 8.62. The summed E-state index contributed by atoms with van der Waals surface area (Å²) >= 11 is 7.70. The van der Waals surface area contributed by atoms with Crippen molar-refractivity contribution in [3.05, 3.63) is 33.8 Å². The van der Waals surface area contributed by atoms with E-state index in [2.05, 4.69) is 28.1 Å². The maximum Gasteiger partial charge on any atom is 0.416 e. The zero-order chi connectivity index (χ0) is 14.8. The number of halogens is 4. The third-order valence-electron chi connectivity index (χ3n) is 2.26. The van der Waals surface area contributed by atoms with Gasteiger partial charge in [0.1, 0.15) is 0 Å². The molecule has 8 heteroatoms. The van der Waals surface area contributed by atoms with Gasteiger partial charge in [-0.05, 0) is 34.1 Å². The highest BCUT2D eigenvalue weighted by atomic mass is 79.9. The smallest absolute Gasteiger partial charge is 0.392 e. The van der Waals surface area contributed by atoms with Crippen molar-refractivity contribution in [3.8, 4) is 0 Å². The highest BCUT2D eigenvalue weighted by Crippen LogP contribution is 2.32. The van der Waals surface area contributed by atoms with Crippen molar-refractivity contribution < 1.29 is 18.0 Å². The molecule has 0 unspecified atom stereocenters. The summed E-state index contributed by atoms with van der Waals surface area (Å²) in [5, 5.41) is 0. The number of nitrogens with zero attached hydrogens (tertiary/aromatic N) is 1. The number of thiocarbonyl (C=S) groups is 1. The van der Waals surface area contributed by atoms with Crippen molar-refractivity contribution in [2.24, 2.45) is 5.73 Å². The SMILES string of the molecule is CN(CC(N)=S)C(=O)c1cc(C(F)(F)F)ccc1Br. The maximum atomic E-state index is 12.6. The molecular weight excluding hydrogens is 345 g/mol. The summed E-state index contributed by atoms with van der Waals surface area (Å²) in [5.41, 5.74) is 4.32. The van der Waals surface area contributed by atoms with E-state index in [-0.39, 0.29) is 21.6 Å². The second-order valence-corrected chi connectivity index (χ2v) is 5.20. The van der Waals surface area contributed by atoms with Crippen LogP contribution in [0.1, 0.15) is 15.9 Å². The van der Waals surface area contributed by atoms with Gasteiger partial charge in [-0.1, -0.05) is 12.2 Å². The van der Waals surface area contributed by atoms with E-state index in [4.69, 9.17) is 5.73 Å². The fourth-order valence-electron chi connectivity index (χ4n) is 1.38. The van der Waals surface area contributed by atoms with E-state index < -0.39 is 17.6 Å². The normalized spacial score (nSPS) is 11.2. The van der Waals surface area contributed by atoms with Crippen molar-refractivity contribution in [1.29, 1.82) is 0 Å². The van der Waals surface area contributed by atoms with Crippen LogP contribution in [-0.2, 0) is 6.18 Å². The molecule has 0 aliphatic carbocycles. The van der Waals surface area contributed by atoms with Gasteiger partial charge in [-0.25, -0.2) is 0 Å². The Kier molecular flexibility index (Phi) is 4.92. The number of carbonyl (C=O) groups excluding carboxylic acids is 1. The number of amides is 1. The molecule has 0 spiro atoms. The van der Waals surface area contributed by atoms with Gasteiger partial charge in [-0.15, -0.1) is 0 Å². The van der Waals surface area contributed by atoms with Gasteiger partial charge in [0.25, 0.3) is 5.91 Å². The van der Waals surface area contributed by atoms with E-state index in [1.54, 1.807) is 0 Å². The average molecular weight is 355 g/mol. The number of hydrogen-bond acceptors (Lipinski definition) is 2. The molecule has 0 aliphatic rings. The quantitative estimate of drug-likeness (QED) is 0.849. The van der Waals surface area contributed by atoms with Crippen LogP contribution in [0.25, 0.3) is 0 Å². The fraction of sp³-hybridized carbons (Fsp3) is 0.273. The Morgan fingerprint density at radius 3 is 2.53 bits per heavy atom. The molecule has 1 amide bonds. The van der Waals surface area contributed by atoms with E-state index in [0.29, 0.717) is 0 Å². The fourth-order valence-corrected chi connectivity index (χ4v) is 1.99. The number of alkyl halides is 3. The predicted molar refractivity (Wildman–Crippen MR) is 72.9 cm³/mol. The molecule has 0 atom stereocenters. The molecule has 0 radical (unpaired) electrons. The Morgan fingerprint density at radius 1 is 1.47 bits per heavy atom. The van der Waals surface area contributed by atoms with Gasteiger partial charge in [0.05, 0.1) is 22.7 Å². The monoisotopic (exact) mass is 354 g/mol. The third kappa shape index (κ3) is 4.17. The van der Waals surface area contributed by atoms with Crippen molar-refractivity contribution in [3.63, 3.8) is 0 Å². The Labute approximate surface area is 121 Å². The molecule has 1 aromatic rings. The van der Waals surface area contributed by atoms with Crippen LogP contribution in [0.15, 0.2) is 22.7 Å². The van der Waals surface area contributed by atoms with Gasteiger partial charge < -0.3 is 10.6 Å². The highest BCUT2D eigenvalue weighted by Gasteiger charge is 2.32. The minimum Gasteiger partial charge on any atom is -0.392 e. The van der Waals surface area contributed by atoms with Crippen LogP contribution in [-0.4, -0.2) is 29.4 Å². The lowest BCUT2D eigenvalue weighted by Gasteiger charge is -2.18. The topological polar surface area (TPSA) is 46.3 Å². The number of hydrogen-bond donors (Lipinski definition) is 1. The second kappa shape index (κ2) is 5.87.